The monoisotopic (exact) mass is 282 g/mol. The van der Waals surface area contributed by atoms with Gasteiger partial charge in [-0.25, -0.2) is 0 Å². The molecule has 2 rings (SSSR count). The zero-order valence-electron chi connectivity index (χ0n) is 11.7. The largest absolute Gasteiger partial charge is 0.481 e. The van der Waals surface area contributed by atoms with E-state index in [9.17, 15) is 4.79 Å². The van der Waals surface area contributed by atoms with E-state index in [0.717, 1.165) is 23.5 Å². The third-order valence-electron chi connectivity index (χ3n) is 2.91. The van der Waals surface area contributed by atoms with Crippen molar-refractivity contribution in [2.24, 2.45) is 0 Å². The summed E-state index contributed by atoms with van der Waals surface area (Å²) in [5.41, 5.74) is 1.04. The van der Waals surface area contributed by atoms with Crippen molar-refractivity contribution < 1.29 is 14.6 Å². The molecule has 0 amide bonds. The first-order valence-electron chi connectivity index (χ1n) is 6.95. The lowest BCUT2D eigenvalue weighted by Crippen LogP contribution is -1.92. The molecule has 21 heavy (non-hydrogen) atoms. The number of carboxylic acid groups (broad SMARTS) is 1. The number of para-hydroxylation sites is 1. The van der Waals surface area contributed by atoms with Crippen molar-refractivity contribution in [1.29, 1.82) is 0 Å². The Kier molecular flexibility index (Phi) is 5.59. The summed E-state index contributed by atoms with van der Waals surface area (Å²) in [5, 5.41) is 8.57. The van der Waals surface area contributed by atoms with Crippen LogP contribution in [0.4, 0.5) is 0 Å². The van der Waals surface area contributed by atoms with Crippen molar-refractivity contribution in [1.82, 2.24) is 0 Å². The molecule has 3 nitrogen and oxygen atoms in total. The average Bonchev–Trinajstić information content (AvgIpc) is 2.48. The van der Waals surface area contributed by atoms with Crippen molar-refractivity contribution in [3.63, 3.8) is 0 Å². The molecule has 3 heteroatoms. The summed E-state index contributed by atoms with van der Waals surface area (Å²) >= 11 is 0. The molecule has 0 aliphatic carbocycles. The number of hydrogen-bond donors (Lipinski definition) is 1. The van der Waals surface area contributed by atoms with Crippen LogP contribution in [0.1, 0.15) is 24.8 Å². The molecular weight excluding hydrogens is 264 g/mol. The molecule has 108 valence electrons. The smallest absolute Gasteiger partial charge is 0.303 e. The van der Waals surface area contributed by atoms with E-state index >= 15 is 0 Å². The van der Waals surface area contributed by atoms with Crippen LogP contribution in [0.2, 0.25) is 0 Å². The SMILES string of the molecule is O=C(O)CCCC=Cc1cccc(Oc2ccccc2)c1. The molecule has 0 saturated carbocycles. The van der Waals surface area contributed by atoms with Crippen LogP contribution in [0.25, 0.3) is 6.08 Å². The first kappa shape index (κ1) is 14.9. The van der Waals surface area contributed by atoms with Crippen molar-refractivity contribution >= 4 is 12.0 Å². The summed E-state index contributed by atoms with van der Waals surface area (Å²) in [6, 6.07) is 17.4. The van der Waals surface area contributed by atoms with Gasteiger partial charge in [-0.1, -0.05) is 42.5 Å². The summed E-state index contributed by atoms with van der Waals surface area (Å²) in [4.78, 5) is 10.4. The molecular formula is C18H18O3. The molecule has 0 saturated heterocycles. The zero-order valence-corrected chi connectivity index (χ0v) is 11.7. The van der Waals surface area contributed by atoms with Gasteiger partial charge in [0.1, 0.15) is 11.5 Å². The maximum absolute atomic E-state index is 10.4. The highest BCUT2D eigenvalue weighted by molar-refractivity contribution is 5.66. The summed E-state index contributed by atoms with van der Waals surface area (Å²) in [5.74, 6) is 0.843. The lowest BCUT2D eigenvalue weighted by Gasteiger charge is -2.05. The van der Waals surface area contributed by atoms with E-state index in [-0.39, 0.29) is 6.42 Å². The maximum Gasteiger partial charge on any atom is 0.303 e. The third-order valence-corrected chi connectivity index (χ3v) is 2.91. The van der Waals surface area contributed by atoms with Crippen molar-refractivity contribution in [3.8, 4) is 11.5 Å². The van der Waals surface area contributed by atoms with Crippen LogP contribution in [0.3, 0.4) is 0 Å². The molecule has 1 N–H and O–H groups in total. The number of rotatable bonds is 7. The highest BCUT2D eigenvalue weighted by atomic mass is 16.5. The number of allylic oxidation sites excluding steroid dienone is 1. The second kappa shape index (κ2) is 7.90. The number of carboxylic acids is 1. The highest BCUT2D eigenvalue weighted by Crippen LogP contribution is 2.22. The lowest BCUT2D eigenvalue weighted by atomic mass is 10.1. The van der Waals surface area contributed by atoms with Gasteiger partial charge in [-0.15, -0.1) is 0 Å². The van der Waals surface area contributed by atoms with Gasteiger partial charge in [-0.2, -0.15) is 0 Å². The maximum atomic E-state index is 10.4. The second-order valence-corrected chi connectivity index (χ2v) is 4.68. The average molecular weight is 282 g/mol. The number of unbranched alkanes of at least 4 members (excludes halogenated alkanes) is 1. The van der Waals surface area contributed by atoms with Gasteiger partial charge in [0.05, 0.1) is 0 Å². The van der Waals surface area contributed by atoms with Gasteiger partial charge in [0, 0.05) is 6.42 Å². The van der Waals surface area contributed by atoms with Crippen molar-refractivity contribution in [2.45, 2.75) is 19.3 Å². The van der Waals surface area contributed by atoms with Gasteiger partial charge in [0.15, 0.2) is 0 Å². The Labute approximate surface area is 124 Å². The molecule has 0 fully saturated rings. The Bertz CT molecular complexity index is 603. The number of carbonyl (C=O) groups is 1. The third kappa shape index (κ3) is 5.53. The van der Waals surface area contributed by atoms with Gasteiger partial charge < -0.3 is 9.84 Å². The fourth-order valence-electron chi connectivity index (χ4n) is 1.90. The molecule has 0 atom stereocenters. The Hall–Kier alpha value is -2.55. The second-order valence-electron chi connectivity index (χ2n) is 4.68. The van der Waals surface area contributed by atoms with Crippen LogP contribution in [0, 0.1) is 0 Å². The summed E-state index contributed by atoms with van der Waals surface area (Å²) in [6.07, 6.45) is 5.61. The van der Waals surface area contributed by atoms with Crippen LogP contribution < -0.4 is 4.74 Å². The fourth-order valence-corrected chi connectivity index (χ4v) is 1.90. The number of aliphatic carboxylic acids is 1. The van der Waals surface area contributed by atoms with Gasteiger partial charge in [0.2, 0.25) is 0 Å². The van der Waals surface area contributed by atoms with Crippen molar-refractivity contribution in [2.75, 3.05) is 0 Å². The van der Waals surface area contributed by atoms with Crippen molar-refractivity contribution in [3.05, 3.63) is 66.2 Å². The molecule has 2 aromatic carbocycles. The summed E-state index contributed by atoms with van der Waals surface area (Å²) in [6.45, 7) is 0. The van der Waals surface area contributed by atoms with E-state index in [1.807, 2.05) is 66.7 Å². The fraction of sp³-hybridized carbons (Fsp3) is 0.167. The molecule has 2 aromatic rings. The number of hydrogen-bond acceptors (Lipinski definition) is 2. The minimum Gasteiger partial charge on any atom is -0.481 e. The van der Waals surface area contributed by atoms with E-state index in [1.165, 1.54) is 0 Å². The van der Waals surface area contributed by atoms with Crippen LogP contribution in [-0.4, -0.2) is 11.1 Å². The van der Waals surface area contributed by atoms with Gasteiger partial charge in [-0.05, 0) is 42.7 Å². The Morgan fingerprint density at radius 3 is 2.57 bits per heavy atom. The molecule has 0 bridgehead atoms. The molecule has 0 unspecified atom stereocenters. The van der Waals surface area contributed by atoms with E-state index in [4.69, 9.17) is 9.84 Å². The summed E-state index contributed by atoms with van der Waals surface area (Å²) in [7, 11) is 0. The highest BCUT2D eigenvalue weighted by Gasteiger charge is 1.97. The molecule has 0 aromatic heterocycles. The Balaban J connectivity index is 1.91. The van der Waals surface area contributed by atoms with Gasteiger partial charge >= 0.3 is 5.97 Å². The zero-order chi connectivity index (χ0) is 14.9. The molecule has 0 radical (unpaired) electrons. The molecule has 0 spiro atoms. The van der Waals surface area contributed by atoms with Gasteiger partial charge in [0.25, 0.3) is 0 Å². The predicted octanol–water partition coefficient (Wildman–Crippen LogP) is 4.75. The van der Waals surface area contributed by atoms with Crippen LogP contribution >= 0.6 is 0 Å². The number of benzene rings is 2. The Morgan fingerprint density at radius 2 is 1.81 bits per heavy atom. The quantitative estimate of drug-likeness (QED) is 0.746. The molecule has 0 heterocycles. The number of ether oxygens (including phenoxy) is 1. The van der Waals surface area contributed by atoms with E-state index in [1.54, 1.807) is 0 Å². The van der Waals surface area contributed by atoms with E-state index in [2.05, 4.69) is 0 Å². The van der Waals surface area contributed by atoms with Crippen LogP contribution in [0.15, 0.2) is 60.7 Å². The van der Waals surface area contributed by atoms with Crippen LogP contribution in [-0.2, 0) is 4.79 Å². The normalized spacial score (nSPS) is 10.7. The minimum absolute atomic E-state index is 0.210. The standard InChI is InChI=1S/C18H18O3/c19-18(20)13-6-1-3-8-15-9-7-12-17(14-15)21-16-10-4-2-5-11-16/h2-5,7-12,14H,1,6,13H2,(H,19,20). The molecule has 0 aliphatic heterocycles. The van der Waals surface area contributed by atoms with E-state index in [0.29, 0.717) is 6.42 Å². The Morgan fingerprint density at radius 1 is 1.05 bits per heavy atom. The van der Waals surface area contributed by atoms with E-state index < -0.39 is 5.97 Å². The molecule has 0 aliphatic rings. The predicted molar refractivity (Wildman–Crippen MR) is 83.5 cm³/mol. The topological polar surface area (TPSA) is 46.5 Å². The first-order valence-corrected chi connectivity index (χ1v) is 6.95. The summed E-state index contributed by atoms with van der Waals surface area (Å²) < 4.78 is 5.77. The minimum atomic E-state index is -0.748. The lowest BCUT2D eigenvalue weighted by molar-refractivity contribution is -0.137. The van der Waals surface area contributed by atoms with Gasteiger partial charge in [-0.3, -0.25) is 4.79 Å². The first-order chi connectivity index (χ1) is 10.2. The van der Waals surface area contributed by atoms with Crippen LogP contribution in [0.5, 0.6) is 11.5 Å².